The molecule has 1 N–H and O–H groups in total. The van der Waals surface area contributed by atoms with Gasteiger partial charge in [-0.25, -0.2) is 13.8 Å². The summed E-state index contributed by atoms with van der Waals surface area (Å²) < 4.78 is 39.4. The van der Waals surface area contributed by atoms with Gasteiger partial charge in [-0.3, -0.25) is 13.9 Å². The van der Waals surface area contributed by atoms with Gasteiger partial charge in [-0.2, -0.15) is 5.10 Å². The van der Waals surface area contributed by atoms with E-state index in [9.17, 15) is 18.0 Å². The van der Waals surface area contributed by atoms with Gasteiger partial charge in [0.15, 0.2) is 6.61 Å². The highest BCUT2D eigenvalue weighted by Gasteiger charge is 2.29. The Bertz CT molecular complexity index is 1440. The molecule has 0 aromatic heterocycles. The Morgan fingerprint density at radius 2 is 1.61 bits per heavy atom. The van der Waals surface area contributed by atoms with E-state index in [2.05, 4.69) is 10.5 Å². The second kappa shape index (κ2) is 14.3. The van der Waals surface area contributed by atoms with Gasteiger partial charge in [-0.05, 0) is 80.3 Å². The molecule has 4 rings (SSSR count). The van der Waals surface area contributed by atoms with Gasteiger partial charge < -0.3 is 14.4 Å². The predicted molar refractivity (Wildman–Crippen MR) is 157 cm³/mol. The van der Waals surface area contributed by atoms with E-state index in [0.29, 0.717) is 23.7 Å². The van der Waals surface area contributed by atoms with Crippen molar-refractivity contribution in [2.75, 3.05) is 37.2 Å². The molecule has 1 fully saturated rings. The molecular formula is C30H34N4O6S. The third-order valence-corrected chi connectivity index (χ3v) is 8.18. The topological polar surface area (TPSA) is 118 Å². The fourth-order valence-corrected chi connectivity index (χ4v) is 5.79. The number of likely N-dealkylation sites (tertiary alicyclic amines) is 1. The van der Waals surface area contributed by atoms with E-state index in [1.807, 2.05) is 4.90 Å². The zero-order valence-electron chi connectivity index (χ0n) is 22.9. The molecule has 1 aliphatic rings. The number of hydrogen-bond donors (Lipinski definition) is 1. The quantitative estimate of drug-likeness (QED) is 0.258. The zero-order valence-corrected chi connectivity index (χ0v) is 23.8. The minimum absolute atomic E-state index is 0.0156. The number of hydrazone groups is 1. The Morgan fingerprint density at radius 3 is 2.32 bits per heavy atom. The Kier molecular flexibility index (Phi) is 10.3. The Morgan fingerprint density at radius 1 is 0.927 bits per heavy atom. The standard InChI is InChI=1S/C30H34N4O6S/c1-2-39-28-14-8-7-13-27(28)34(41(37,38)26-11-5-3-6-12-26)22-29(35)32-31-21-24-15-17-25(18-16-24)40-23-30(36)33-19-9-4-10-20-33/h3,5-8,11-18,21H,2,4,9-10,19-20,22-23H2,1H3,(H,32,35). The molecule has 2 amide bonds. The van der Waals surface area contributed by atoms with Crippen molar-refractivity contribution in [2.45, 2.75) is 31.1 Å². The van der Waals surface area contributed by atoms with Crippen LogP contribution in [0.4, 0.5) is 5.69 Å². The number of nitrogens with one attached hydrogen (secondary N) is 1. The molecule has 216 valence electrons. The Labute approximate surface area is 240 Å². The van der Waals surface area contributed by atoms with E-state index in [1.165, 1.54) is 18.3 Å². The number of anilines is 1. The van der Waals surface area contributed by atoms with Crippen LogP contribution < -0.4 is 19.2 Å². The first-order chi connectivity index (χ1) is 19.9. The highest BCUT2D eigenvalue weighted by Crippen LogP contribution is 2.32. The number of hydrogen-bond acceptors (Lipinski definition) is 7. The number of benzene rings is 3. The fourth-order valence-electron chi connectivity index (χ4n) is 4.33. The Hall–Kier alpha value is -4.38. The highest BCUT2D eigenvalue weighted by atomic mass is 32.2. The van der Waals surface area contributed by atoms with Crippen LogP contribution >= 0.6 is 0 Å². The van der Waals surface area contributed by atoms with Crippen LogP contribution in [-0.4, -0.2) is 64.2 Å². The van der Waals surface area contributed by atoms with Crippen LogP contribution in [0.15, 0.2) is 88.9 Å². The predicted octanol–water partition coefficient (Wildman–Crippen LogP) is 3.82. The van der Waals surface area contributed by atoms with Crippen molar-refractivity contribution in [1.29, 1.82) is 0 Å². The Balaban J connectivity index is 1.39. The van der Waals surface area contributed by atoms with Crippen LogP contribution in [0, 0.1) is 0 Å². The van der Waals surface area contributed by atoms with Crippen LogP contribution in [0.25, 0.3) is 0 Å². The lowest BCUT2D eigenvalue weighted by Crippen LogP contribution is -2.39. The number of carbonyl (C=O) groups excluding carboxylic acids is 2. The summed E-state index contributed by atoms with van der Waals surface area (Å²) in [5.74, 6) is 0.227. The molecule has 11 heteroatoms. The number of piperidine rings is 1. The summed E-state index contributed by atoms with van der Waals surface area (Å²) in [6.07, 6.45) is 4.64. The lowest BCUT2D eigenvalue weighted by Gasteiger charge is -2.26. The van der Waals surface area contributed by atoms with E-state index >= 15 is 0 Å². The molecule has 3 aromatic rings. The molecule has 0 atom stereocenters. The summed E-state index contributed by atoms with van der Waals surface area (Å²) >= 11 is 0. The van der Waals surface area contributed by atoms with Crippen molar-refractivity contribution in [3.05, 3.63) is 84.4 Å². The summed E-state index contributed by atoms with van der Waals surface area (Å²) in [6.45, 7) is 3.14. The van der Waals surface area contributed by atoms with Crippen molar-refractivity contribution in [3.8, 4) is 11.5 Å². The number of carbonyl (C=O) groups is 2. The number of sulfonamides is 1. The van der Waals surface area contributed by atoms with Gasteiger partial charge in [0.05, 0.1) is 23.4 Å². The van der Waals surface area contributed by atoms with Gasteiger partial charge in [0.25, 0.3) is 21.8 Å². The summed E-state index contributed by atoms with van der Waals surface area (Å²) in [7, 11) is -4.09. The summed E-state index contributed by atoms with van der Waals surface area (Å²) in [5, 5.41) is 3.99. The third-order valence-electron chi connectivity index (χ3n) is 6.41. The summed E-state index contributed by atoms with van der Waals surface area (Å²) in [4.78, 5) is 27.0. The molecule has 1 saturated heterocycles. The number of ether oxygens (including phenoxy) is 2. The first-order valence-corrected chi connectivity index (χ1v) is 14.9. The van der Waals surface area contributed by atoms with Gasteiger partial charge in [-0.1, -0.05) is 30.3 Å². The lowest BCUT2D eigenvalue weighted by molar-refractivity contribution is -0.134. The minimum atomic E-state index is -4.09. The molecule has 10 nitrogen and oxygen atoms in total. The van der Waals surface area contributed by atoms with Crippen LogP contribution in [0.1, 0.15) is 31.7 Å². The second-order valence-corrected chi connectivity index (χ2v) is 11.2. The molecule has 0 saturated carbocycles. The molecule has 0 radical (unpaired) electrons. The maximum absolute atomic E-state index is 13.6. The highest BCUT2D eigenvalue weighted by molar-refractivity contribution is 7.92. The van der Waals surface area contributed by atoms with Crippen LogP contribution in [0.5, 0.6) is 11.5 Å². The van der Waals surface area contributed by atoms with E-state index < -0.39 is 22.5 Å². The van der Waals surface area contributed by atoms with E-state index in [4.69, 9.17) is 9.47 Å². The number of nitrogens with zero attached hydrogens (tertiary/aromatic N) is 3. The SMILES string of the molecule is CCOc1ccccc1N(CC(=O)NN=Cc1ccc(OCC(=O)N2CCCCC2)cc1)S(=O)(=O)c1ccccc1. The van der Waals surface area contributed by atoms with E-state index in [1.54, 1.807) is 73.7 Å². The van der Waals surface area contributed by atoms with E-state index in [0.717, 1.165) is 36.7 Å². The maximum Gasteiger partial charge on any atom is 0.264 e. The monoisotopic (exact) mass is 578 g/mol. The smallest absolute Gasteiger partial charge is 0.264 e. The first kappa shape index (κ1) is 29.6. The van der Waals surface area contributed by atoms with Crippen molar-refractivity contribution >= 4 is 33.7 Å². The van der Waals surface area contributed by atoms with E-state index in [-0.39, 0.29) is 23.1 Å². The van der Waals surface area contributed by atoms with Crippen molar-refractivity contribution < 1.29 is 27.5 Å². The van der Waals surface area contributed by atoms with Crippen LogP contribution in [0.3, 0.4) is 0 Å². The maximum atomic E-state index is 13.6. The molecule has 1 heterocycles. The molecule has 1 aliphatic heterocycles. The van der Waals surface area contributed by atoms with Crippen LogP contribution in [0.2, 0.25) is 0 Å². The molecule has 3 aromatic carbocycles. The molecule has 41 heavy (non-hydrogen) atoms. The van der Waals surface area contributed by atoms with Gasteiger partial charge in [0, 0.05) is 13.1 Å². The van der Waals surface area contributed by atoms with Crippen molar-refractivity contribution in [1.82, 2.24) is 10.3 Å². The lowest BCUT2D eigenvalue weighted by atomic mass is 10.1. The van der Waals surface area contributed by atoms with Gasteiger partial charge in [0.2, 0.25) is 0 Å². The second-order valence-electron chi connectivity index (χ2n) is 9.32. The molecule has 0 spiro atoms. The summed E-state index contributed by atoms with van der Waals surface area (Å²) in [5.41, 5.74) is 3.32. The van der Waals surface area contributed by atoms with Gasteiger partial charge in [0.1, 0.15) is 18.0 Å². The van der Waals surface area contributed by atoms with Crippen LogP contribution in [-0.2, 0) is 19.6 Å². The minimum Gasteiger partial charge on any atom is -0.492 e. The first-order valence-electron chi connectivity index (χ1n) is 13.5. The number of para-hydroxylation sites is 2. The van der Waals surface area contributed by atoms with Crippen molar-refractivity contribution in [3.63, 3.8) is 0 Å². The summed E-state index contributed by atoms with van der Waals surface area (Å²) in [6, 6.07) is 21.4. The average molecular weight is 579 g/mol. The number of amides is 2. The third kappa shape index (κ3) is 8.07. The fraction of sp³-hybridized carbons (Fsp3) is 0.300. The van der Waals surface area contributed by atoms with Gasteiger partial charge in [-0.15, -0.1) is 0 Å². The normalized spacial score (nSPS) is 13.5. The average Bonchev–Trinajstić information content (AvgIpc) is 3.00. The largest absolute Gasteiger partial charge is 0.492 e. The molecule has 0 aliphatic carbocycles. The van der Waals surface area contributed by atoms with Crippen molar-refractivity contribution in [2.24, 2.45) is 5.10 Å². The number of rotatable bonds is 12. The molecule has 0 unspecified atom stereocenters. The molecule has 0 bridgehead atoms. The zero-order chi connectivity index (χ0) is 29.1. The van der Waals surface area contributed by atoms with Gasteiger partial charge >= 0.3 is 0 Å². The molecular weight excluding hydrogens is 544 g/mol.